The van der Waals surface area contributed by atoms with Gasteiger partial charge >= 0.3 is 5.97 Å². The number of nitrogens with zero attached hydrogens (tertiary/aromatic N) is 2. The number of hydrogen-bond acceptors (Lipinski definition) is 7. The van der Waals surface area contributed by atoms with Crippen molar-refractivity contribution < 1.29 is 24.0 Å². The monoisotopic (exact) mass is 457 g/mol. The molecule has 0 aromatic heterocycles. The average molecular weight is 458 g/mol. The lowest BCUT2D eigenvalue weighted by Gasteiger charge is -2.33. The molecule has 1 fully saturated rings. The summed E-state index contributed by atoms with van der Waals surface area (Å²) in [6.45, 7) is 1.98. The molecule has 5 N–H and O–H groups in total. The van der Waals surface area contributed by atoms with Gasteiger partial charge in [-0.05, 0) is 43.5 Å². The predicted octanol–water partition coefficient (Wildman–Crippen LogP) is 1.87. The highest BCUT2D eigenvalue weighted by atomic mass is 16.6. The molecule has 2 amide bonds. The largest absolute Gasteiger partial charge is 0.462 e. The van der Waals surface area contributed by atoms with E-state index in [1.807, 2.05) is 6.92 Å². The third-order valence-corrected chi connectivity index (χ3v) is 6.11. The van der Waals surface area contributed by atoms with E-state index in [2.05, 4.69) is 10.5 Å². The first-order valence-corrected chi connectivity index (χ1v) is 11.1. The Hall–Kier alpha value is -3.56. The molecule has 0 unspecified atom stereocenters. The van der Waals surface area contributed by atoms with Crippen LogP contribution < -0.4 is 16.8 Å². The molecule has 1 heterocycles. The summed E-state index contributed by atoms with van der Waals surface area (Å²) in [6.07, 6.45) is 5.30. The summed E-state index contributed by atoms with van der Waals surface area (Å²) in [4.78, 5) is 43.4. The first-order chi connectivity index (χ1) is 15.8. The molecule has 0 atom stereocenters. The van der Waals surface area contributed by atoms with Crippen molar-refractivity contribution >= 4 is 29.3 Å². The van der Waals surface area contributed by atoms with Crippen LogP contribution in [-0.4, -0.2) is 54.3 Å². The Labute approximate surface area is 192 Å². The van der Waals surface area contributed by atoms with Crippen LogP contribution in [0.2, 0.25) is 0 Å². The maximum absolute atomic E-state index is 12.7. The molecule has 0 saturated heterocycles. The number of amidine groups is 1. The zero-order valence-electron chi connectivity index (χ0n) is 19.1. The van der Waals surface area contributed by atoms with Crippen molar-refractivity contribution in [2.45, 2.75) is 51.0 Å². The molecule has 1 aliphatic heterocycles. The number of likely N-dealkylation sites (N-methyl/N-ethyl adjacent to an activating group) is 1. The lowest BCUT2D eigenvalue weighted by molar-refractivity contribution is -0.127. The van der Waals surface area contributed by atoms with Gasteiger partial charge in [-0.25, -0.2) is 4.79 Å². The van der Waals surface area contributed by atoms with Gasteiger partial charge in [-0.1, -0.05) is 31.3 Å². The Kier molecular flexibility index (Phi) is 7.57. The Bertz CT molecular complexity index is 964. The third-order valence-electron chi connectivity index (χ3n) is 6.11. The number of carbonyl (C=O) groups excluding carboxylic acids is 3. The van der Waals surface area contributed by atoms with E-state index in [9.17, 15) is 14.4 Å². The van der Waals surface area contributed by atoms with Crippen LogP contribution in [0.1, 0.15) is 55.8 Å². The maximum atomic E-state index is 12.7. The molecule has 10 heteroatoms. The maximum Gasteiger partial charge on any atom is 0.338 e. The van der Waals surface area contributed by atoms with Gasteiger partial charge in [0.25, 0.3) is 11.8 Å². The van der Waals surface area contributed by atoms with E-state index >= 15 is 0 Å². The molecule has 178 valence electrons. The fourth-order valence-electron chi connectivity index (χ4n) is 4.19. The summed E-state index contributed by atoms with van der Waals surface area (Å²) in [6, 6.07) is 6.31. The normalized spacial score (nSPS) is 17.6. The van der Waals surface area contributed by atoms with Gasteiger partial charge in [-0.2, -0.15) is 0 Å². The molecule has 1 saturated carbocycles. The predicted molar refractivity (Wildman–Crippen MR) is 123 cm³/mol. The van der Waals surface area contributed by atoms with E-state index in [-0.39, 0.29) is 17.3 Å². The number of carbonyl (C=O) groups is 3. The van der Waals surface area contributed by atoms with E-state index in [0.29, 0.717) is 23.6 Å². The molecule has 10 nitrogen and oxygen atoms in total. The second-order valence-electron chi connectivity index (χ2n) is 8.26. The molecule has 33 heavy (non-hydrogen) atoms. The van der Waals surface area contributed by atoms with Crippen molar-refractivity contribution in [2.24, 2.45) is 16.6 Å². The third kappa shape index (κ3) is 5.10. The zero-order valence-corrected chi connectivity index (χ0v) is 19.1. The zero-order chi connectivity index (χ0) is 24.0. The van der Waals surface area contributed by atoms with Crippen molar-refractivity contribution in [2.75, 3.05) is 25.6 Å². The Morgan fingerprint density at radius 1 is 1.21 bits per heavy atom. The van der Waals surface area contributed by atoms with Crippen LogP contribution in [0.25, 0.3) is 0 Å². The van der Waals surface area contributed by atoms with Gasteiger partial charge in [0.2, 0.25) is 0 Å². The standard InChI is InChI=1S/C23H31N5O5/c1-3-4-13-32-22(31)15-7-9-16(10-8-15)26-17(29)14-33-27-20(25)18-19(24)23(11-5-6-12-23)28(2)21(18)30/h7-10H,3-6,11-14,24H2,1-2H3,(H2,25,27)(H,26,29). The summed E-state index contributed by atoms with van der Waals surface area (Å²) in [5.74, 6) is -1.33. The number of benzene rings is 1. The van der Waals surface area contributed by atoms with E-state index in [1.54, 1.807) is 36.2 Å². The Morgan fingerprint density at radius 2 is 1.88 bits per heavy atom. The molecule has 0 radical (unpaired) electrons. The number of hydrogen-bond donors (Lipinski definition) is 3. The van der Waals surface area contributed by atoms with Crippen LogP contribution in [0.3, 0.4) is 0 Å². The van der Waals surface area contributed by atoms with Crippen LogP contribution in [0.4, 0.5) is 5.69 Å². The molecule has 3 rings (SSSR count). The van der Waals surface area contributed by atoms with Crippen LogP contribution in [0.15, 0.2) is 40.7 Å². The van der Waals surface area contributed by atoms with Crippen molar-refractivity contribution in [1.82, 2.24) is 4.90 Å². The molecular weight excluding hydrogens is 426 g/mol. The van der Waals surface area contributed by atoms with Gasteiger partial charge in [0, 0.05) is 12.7 Å². The SMILES string of the molecule is CCCCOC(=O)c1ccc(NC(=O)CO/N=C(/N)C2=C(N)C3(CCCC3)N(C)C2=O)cc1. The fraction of sp³-hybridized carbons (Fsp3) is 0.478. The molecular formula is C23H31N5O5. The van der Waals surface area contributed by atoms with Crippen LogP contribution in [0, 0.1) is 0 Å². The van der Waals surface area contributed by atoms with E-state index in [1.165, 1.54) is 0 Å². The Balaban J connectivity index is 1.53. The number of unbranched alkanes of at least 4 members (excludes halogenated alkanes) is 1. The van der Waals surface area contributed by atoms with Gasteiger partial charge in [-0.3, -0.25) is 9.59 Å². The van der Waals surface area contributed by atoms with E-state index in [0.717, 1.165) is 38.5 Å². The fourth-order valence-corrected chi connectivity index (χ4v) is 4.19. The number of nitrogens with two attached hydrogens (primary N) is 2. The van der Waals surface area contributed by atoms with Crippen LogP contribution in [0.5, 0.6) is 0 Å². The van der Waals surface area contributed by atoms with Crippen molar-refractivity contribution in [3.8, 4) is 0 Å². The quantitative estimate of drug-likeness (QED) is 0.168. The topological polar surface area (TPSA) is 149 Å². The molecule has 0 bridgehead atoms. The number of ether oxygens (including phenoxy) is 1. The minimum Gasteiger partial charge on any atom is -0.462 e. The lowest BCUT2D eigenvalue weighted by atomic mass is 9.93. The highest BCUT2D eigenvalue weighted by molar-refractivity contribution is 6.22. The van der Waals surface area contributed by atoms with Gasteiger partial charge in [-0.15, -0.1) is 0 Å². The van der Waals surface area contributed by atoms with Crippen LogP contribution in [-0.2, 0) is 19.2 Å². The molecule has 1 aliphatic carbocycles. The van der Waals surface area contributed by atoms with E-state index < -0.39 is 24.0 Å². The molecule has 2 aliphatic rings. The van der Waals surface area contributed by atoms with Crippen molar-refractivity contribution in [3.63, 3.8) is 0 Å². The van der Waals surface area contributed by atoms with Gasteiger partial charge in [0.05, 0.1) is 23.4 Å². The van der Waals surface area contributed by atoms with Gasteiger partial charge in [0.1, 0.15) is 5.57 Å². The Morgan fingerprint density at radius 3 is 2.52 bits per heavy atom. The van der Waals surface area contributed by atoms with Crippen LogP contribution >= 0.6 is 0 Å². The first kappa shape index (κ1) is 24.1. The molecule has 1 aromatic carbocycles. The highest BCUT2D eigenvalue weighted by Gasteiger charge is 2.51. The minimum absolute atomic E-state index is 0.140. The summed E-state index contributed by atoms with van der Waals surface area (Å²) in [5.41, 5.74) is 13.2. The minimum atomic E-state index is -0.501. The first-order valence-electron chi connectivity index (χ1n) is 11.1. The summed E-state index contributed by atoms with van der Waals surface area (Å²) < 4.78 is 5.15. The van der Waals surface area contributed by atoms with E-state index in [4.69, 9.17) is 21.0 Å². The second kappa shape index (κ2) is 10.4. The second-order valence-corrected chi connectivity index (χ2v) is 8.26. The smallest absolute Gasteiger partial charge is 0.338 e. The van der Waals surface area contributed by atoms with Crippen molar-refractivity contribution in [3.05, 3.63) is 41.1 Å². The number of rotatable bonds is 9. The summed E-state index contributed by atoms with van der Waals surface area (Å²) in [5, 5.41) is 6.37. The summed E-state index contributed by atoms with van der Waals surface area (Å²) in [7, 11) is 1.71. The molecule has 1 aromatic rings. The van der Waals surface area contributed by atoms with Crippen molar-refractivity contribution in [1.29, 1.82) is 0 Å². The number of oxime groups is 1. The summed E-state index contributed by atoms with van der Waals surface area (Å²) >= 11 is 0. The molecule has 1 spiro atoms. The number of anilines is 1. The number of amides is 2. The lowest BCUT2D eigenvalue weighted by Crippen LogP contribution is -2.45. The number of nitrogens with one attached hydrogen (secondary N) is 1. The highest BCUT2D eigenvalue weighted by Crippen LogP contribution is 2.44. The average Bonchev–Trinajstić information content (AvgIpc) is 3.36. The van der Waals surface area contributed by atoms with Gasteiger partial charge in [0.15, 0.2) is 12.4 Å². The van der Waals surface area contributed by atoms with Gasteiger partial charge < -0.3 is 31.3 Å². The number of esters is 1.